The summed E-state index contributed by atoms with van der Waals surface area (Å²) >= 11 is 0. The first-order valence-corrected chi connectivity index (χ1v) is 10.7. The van der Waals surface area contributed by atoms with Gasteiger partial charge < -0.3 is 19.3 Å². The first-order valence-electron chi connectivity index (χ1n) is 10.7. The van der Waals surface area contributed by atoms with Crippen molar-refractivity contribution >= 4 is 23.6 Å². The second kappa shape index (κ2) is 8.60. The highest BCUT2D eigenvalue weighted by Crippen LogP contribution is 2.39. The summed E-state index contributed by atoms with van der Waals surface area (Å²) in [5, 5.41) is 0. The number of ether oxygens (including phenoxy) is 2. The Balaban J connectivity index is 1.48. The van der Waals surface area contributed by atoms with Gasteiger partial charge in [-0.2, -0.15) is 0 Å². The summed E-state index contributed by atoms with van der Waals surface area (Å²) in [4.78, 5) is 17.6. The second-order valence-corrected chi connectivity index (χ2v) is 8.72. The van der Waals surface area contributed by atoms with Crippen molar-refractivity contribution in [3.8, 4) is 11.5 Å². The minimum atomic E-state index is -0.401. The van der Waals surface area contributed by atoms with Gasteiger partial charge in [0, 0.05) is 43.0 Å². The maximum absolute atomic E-state index is 12.8. The molecule has 0 bridgehead atoms. The molecule has 0 amide bonds. The van der Waals surface area contributed by atoms with Gasteiger partial charge >= 0.3 is 0 Å². The molecule has 0 N–H and O–H groups in total. The second-order valence-electron chi connectivity index (χ2n) is 8.72. The Kier molecular flexibility index (Phi) is 5.88. The van der Waals surface area contributed by atoms with Gasteiger partial charge in [-0.25, -0.2) is 0 Å². The molecule has 1 fully saturated rings. The van der Waals surface area contributed by atoms with E-state index in [-0.39, 0.29) is 5.78 Å². The van der Waals surface area contributed by atoms with Gasteiger partial charge in [0.1, 0.15) is 5.60 Å². The molecule has 1 saturated heterocycles. The minimum Gasteiger partial charge on any atom is -0.493 e. The number of anilines is 1. The Morgan fingerprint density at radius 2 is 1.81 bits per heavy atom. The Morgan fingerprint density at radius 1 is 1.10 bits per heavy atom. The monoisotopic (exact) mass is 418 g/mol. The number of hydrogen-bond acceptors (Lipinski definition) is 5. The molecule has 5 heteroatoms. The number of carbonyl (C=O) groups is 1. The maximum Gasteiger partial charge on any atom is 0.186 e. The van der Waals surface area contributed by atoms with Crippen LogP contribution in [0.1, 0.15) is 35.3 Å². The Morgan fingerprint density at radius 3 is 2.48 bits per heavy atom. The molecule has 0 radical (unpaired) electrons. The summed E-state index contributed by atoms with van der Waals surface area (Å²) in [6.45, 7) is 8.22. The fraction of sp³-hybridized carbons (Fsp3) is 0.346. The number of benzene rings is 2. The summed E-state index contributed by atoms with van der Waals surface area (Å²) in [5.74, 6) is 1.18. The Hall–Kier alpha value is -3.05. The van der Waals surface area contributed by atoms with Gasteiger partial charge in [0.25, 0.3) is 0 Å². The highest BCUT2D eigenvalue weighted by Gasteiger charge is 2.25. The highest BCUT2D eigenvalue weighted by molar-refractivity contribution is 6.07. The lowest BCUT2D eigenvalue weighted by atomic mass is 9.98. The van der Waals surface area contributed by atoms with Crippen molar-refractivity contribution in [2.75, 3.05) is 45.2 Å². The molecule has 0 atom stereocenters. The van der Waals surface area contributed by atoms with Crippen molar-refractivity contribution < 1.29 is 14.3 Å². The largest absolute Gasteiger partial charge is 0.493 e. The van der Waals surface area contributed by atoms with E-state index in [9.17, 15) is 4.79 Å². The molecule has 2 heterocycles. The van der Waals surface area contributed by atoms with Crippen LogP contribution in [0, 0.1) is 0 Å². The first kappa shape index (κ1) is 21.2. The van der Waals surface area contributed by atoms with Crippen LogP contribution in [0.5, 0.6) is 11.5 Å². The van der Waals surface area contributed by atoms with E-state index in [1.165, 1.54) is 5.69 Å². The first-order chi connectivity index (χ1) is 14.8. The summed E-state index contributed by atoms with van der Waals surface area (Å²) in [7, 11) is 3.75. The Bertz CT molecular complexity index is 1010. The number of ketones is 1. The van der Waals surface area contributed by atoms with Gasteiger partial charge in [0.15, 0.2) is 17.3 Å². The van der Waals surface area contributed by atoms with E-state index in [4.69, 9.17) is 9.47 Å². The topological polar surface area (TPSA) is 42.0 Å². The maximum atomic E-state index is 12.8. The van der Waals surface area contributed by atoms with Gasteiger partial charge in [-0.05, 0) is 62.9 Å². The smallest absolute Gasteiger partial charge is 0.186 e. The van der Waals surface area contributed by atoms with Crippen molar-refractivity contribution in [2.45, 2.75) is 19.4 Å². The molecule has 5 nitrogen and oxygen atoms in total. The molecule has 4 rings (SSSR count). The van der Waals surface area contributed by atoms with Gasteiger partial charge in [-0.1, -0.05) is 24.3 Å². The standard InChI is InChI=1S/C26H30N2O3/c1-26(2)12-11-20-17-21(18-24(30-4)25(20)31-26)23(29)10-7-19-5-8-22(9-6-19)28-15-13-27(3)14-16-28/h5-12,17-18H,13-16H2,1-4H3/b10-7+. The molecule has 2 aromatic rings. The van der Waals surface area contributed by atoms with Crippen LogP contribution >= 0.6 is 0 Å². The lowest BCUT2D eigenvalue weighted by molar-refractivity contribution is 0.104. The van der Waals surface area contributed by atoms with E-state index in [2.05, 4.69) is 41.1 Å². The molecule has 2 aromatic carbocycles. The van der Waals surface area contributed by atoms with Gasteiger partial charge in [0.2, 0.25) is 0 Å². The summed E-state index contributed by atoms with van der Waals surface area (Å²) in [6, 6.07) is 12.0. The third-order valence-electron chi connectivity index (χ3n) is 5.81. The number of likely N-dealkylation sites (N-methyl/N-ethyl adjacent to an activating group) is 1. The third kappa shape index (κ3) is 4.83. The average molecular weight is 419 g/mol. The van der Waals surface area contributed by atoms with E-state index in [0.717, 1.165) is 37.3 Å². The van der Waals surface area contributed by atoms with Crippen molar-refractivity contribution in [2.24, 2.45) is 0 Å². The van der Waals surface area contributed by atoms with E-state index in [1.807, 2.05) is 38.1 Å². The van der Waals surface area contributed by atoms with Gasteiger partial charge in [-0.3, -0.25) is 4.79 Å². The predicted octanol–water partition coefficient (Wildman–Crippen LogP) is 4.53. The molecule has 0 unspecified atom stereocenters. The number of allylic oxidation sites excluding steroid dienone is 1. The number of hydrogen-bond donors (Lipinski definition) is 0. The molecule has 2 aliphatic heterocycles. The third-order valence-corrected chi connectivity index (χ3v) is 5.81. The highest BCUT2D eigenvalue weighted by atomic mass is 16.5. The van der Waals surface area contributed by atoms with E-state index < -0.39 is 5.60 Å². The molecule has 0 aliphatic carbocycles. The van der Waals surface area contributed by atoms with Gasteiger partial charge in [-0.15, -0.1) is 0 Å². The van der Waals surface area contributed by atoms with Crippen LogP contribution < -0.4 is 14.4 Å². The molecule has 31 heavy (non-hydrogen) atoms. The van der Waals surface area contributed by atoms with E-state index in [0.29, 0.717) is 17.1 Å². The van der Waals surface area contributed by atoms with Crippen molar-refractivity contribution in [3.05, 3.63) is 65.2 Å². The number of carbonyl (C=O) groups excluding carboxylic acids is 1. The molecular weight excluding hydrogens is 388 g/mol. The SMILES string of the molecule is COc1cc(C(=O)/C=C/c2ccc(N3CCN(C)CC3)cc2)cc2c1OC(C)(C)C=C2. The summed E-state index contributed by atoms with van der Waals surface area (Å²) in [6.07, 6.45) is 7.44. The zero-order valence-corrected chi connectivity index (χ0v) is 18.7. The van der Waals surface area contributed by atoms with Crippen LogP contribution in [-0.2, 0) is 0 Å². The van der Waals surface area contributed by atoms with E-state index >= 15 is 0 Å². The summed E-state index contributed by atoms with van der Waals surface area (Å²) in [5.41, 5.74) is 3.26. The van der Waals surface area contributed by atoms with Gasteiger partial charge in [0.05, 0.1) is 7.11 Å². The average Bonchev–Trinajstić information content (AvgIpc) is 2.77. The zero-order chi connectivity index (χ0) is 22.0. The number of rotatable bonds is 5. The molecule has 162 valence electrons. The molecule has 0 aromatic heterocycles. The van der Waals surface area contributed by atoms with Crippen LogP contribution in [0.4, 0.5) is 5.69 Å². The van der Waals surface area contributed by atoms with Crippen molar-refractivity contribution in [1.82, 2.24) is 4.90 Å². The fourth-order valence-electron chi connectivity index (χ4n) is 3.87. The zero-order valence-electron chi connectivity index (χ0n) is 18.7. The van der Waals surface area contributed by atoms with Crippen LogP contribution in [0.2, 0.25) is 0 Å². The lowest BCUT2D eigenvalue weighted by Crippen LogP contribution is -2.44. The van der Waals surface area contributed by atoms with Crippen molar-refractivity contribution in [3.63, 3.8) is 0 Å². The Labute approximate surface area is 184 Å². The minimum absolute atomic E-state index is 0.0672. The number of methoxy groups -OCH3 is 1. The van der Waals surface area contributed by atoms with Crippen molar-refractivity contribution in [1.29, 1.82) is 0 Å². The van der Waals surface area contributed by atoms with Crippen LogP contribution in [0.3, 0.4) is 0 Å². The van der Waals surface area contributed by atoms with Crippen LogP contribution in [-0.4, -0.2) is 56.6 Å². The quantitative estimate of drug-likeness (QED) is 0.527. The summed E-state index contributed by atoms with van der Waals surface area (Å²) < 4.78 is 11.5. The predicted molar refractivity (Wildman–Crippen MR) is 126 cm³/mol. The fourth-order valence-corrected chi connectivity index (χ4v) is 3.87. The number of piperazine rings is 1. The molecule has 0 saturated carbocycles. The molecule has 0 spiro atoms. The number of fused-ring (bicyclic) bond motifs is 1. The lowest BCUT2D eigenvalue weighted by Gasteiger charge is -2.34. The van der Waals surface area contributed by atoms with E-state index in [1.54, 1.807) is 19.3 Å². The molecule has 2 aliphatic rings. The molecular formula is C26H30N2O3. The number of nitrogens with zero attached hydrogens (tertiary/aromatic N) is 2. The van der Waals surface area contributed by atoms with Crippen LogP contribution in [0.25, 0.3) is 12.2 Å². The normalized spacial score (nSPS) is 18.0. The van der Waals surface area contributed by atoms with Crippen LogP contribution in [0.15, 0.2) is 48.6 Å².